The topological polar surface area (TPSA) is 12.0 Å². The highest BCUT2D eigenvalue weighted by Gasteiger charge is 2.39. The molecule has 2 aliphatic carbocycles. The van der Waals surface area contributed by atoms with E-state index in [1.165, 1.54) is 48.9 Å². The van der Waals surface area contributed by atoms with Gasteiger partial charge in [0, 0.05) is 6.04 Å². The molecule has 2 bridgehead atoms. The molecule has 0 aliphatic heterocycles. The van der Waals surface area contributed by atoms with Crippen LogP contribution in [0.3, 0.4) is 0 Å². The summed E-state index contributed by atoms with van der Waals surface area (Å²) in [4.78, 5) is 0. The summed E-state index contributed by atoms with van der Waals surface area (Å²) in [5.74, 6) is 3.05. The average molecular weight is 257 g/mol. The molecule has 0 amide bonds. The lowest BCUT2D eigenvalue weighted by Gasteiger charge is -2.24. The molecule has 1 aromatic carbocycles. The highest BCUT2D eigenvalue weighted by Crippen LogP contribution is 2.48. The molecule has 0 aromatic heterocycles. The smallest absolute Gasteiger partial charge is 0.0292 e. The van der Waals surface area contributed by atoms with Crippen molar-refractivity contribution in [1.29, 1.82) is 0 Å². The van der Waals surface area contributed by atoms with Gasteiger partial charge < -0.3 is 5.32 Å². The third kappa shape index (κ3) is 2.86. The molecular formula is C18H27N. The zero-order valence-electron chi connectivity index (χ0n) is 12.6. The van der Waals surface area contributed by atoms with Crippen LogP contribution in [-0.4, -0.2) is 6.54 Å². The number of benzene rings is 1. The van der Waals surface area contributed by atoms with Crippen molar-refractivity contribution in [3.05, 3.63) is 34.9 Å². The fraction of sp³-hybridized carbons (Fsp3) is 0.667. The van der Waals surface area contributed by atoms with Crippen LogP contribution in [0.4, 0.5) is 0 Å². The second-order valence-corrected chi connectivity index (χ2v) is 6.99. The summed E-state index contributed by atoms with van der Waals surface area (Å²) in [5.41, 5.74) is 4.20. The minimum atomic E-state index is 0.484. The van der Waals surface area contributed by atoms with Crippen LogP contribution < -0.4 is 5.32 Å². The summed E-state index contributed by atoms with van der Waals surface area (Å²) in [5, 5.41) is 3.78. The summed E-state index contributed by atoms with van der Waals surface area (Å²) in [6, 6.07) is 7.39. The number of rotatable bonds is 4. The predicted molar refractivity (Wildman–Crippen MR) is 81.3 cm³/mol. The van der Waals surface area contributed by atoms with Gasteiger partial charge in [0.25, 0.3) is 0 Å². The van der Waals surface area contributed by atoms with Gasteiger partial charge in [-0.3, -0.25) is 0 Å². The Morgan fingerprint density at radius 3 is 2.42 bits per heavy atom. The summed E-state index contributed by atoms with van der Waals surface area (Å²) in [7, 11) is 0. The van der Waals surface area contributed by atoms with E-state index in [0.717, 1.165) is 17.8 Å². The molecule has 1 N–H and O–H groups in total. The first-order chi connectivity index (χ1) is 9.11. The number of aryl methyl sites for hydroxylation is 2. The molecule has 1 aromatic rings. The van der Waals surface area contributed by atoms with Crippen molar-refractivity contribution in [2.24, 2.45) is 17.8 Å². The highest BCUT2D eigenvalue weighted by atomic mass is 14.9. The van der Waals surface area contributed by atoms with Crippen molar-refractivity contribution in [3.63, 3.8) is 0 Å². The van der Waals surface area contributed by atoms with E-state index < -0.39 is 0 Å². The normalized spacial score (nSPS) is 30.8. The van der Waals surface area contributed by atoms with Crippen LogP contribution in [0.1, 0.15) is 55.3 Å². The quantitative estimate of drug-likeness (QED) is 0.843. The van der Waals surface area contributed by atoms with E-state index in [4.69, 9.17) is 0 Å². The molecular weight excluding hydrogens is 230 g/mol. The lowest BCUT2D eigenvalue weighted by atomic mass is 9.88. The molecule has 0 heterocycles. The molecule has 2 saturated carbocycles. The van der Waals surface area contributed by atoms with Crippen LogP contribution in [0, 0.1) is 31.6 Å². The summed E-state index contributed by atoms with van der Waals surface area (Å²) in [6.45, 7) is 7.91. The molecule has 19 heavy (non-hydrogen) atoms. The van der Waals surface area contributed by atoms with E-state index >= 15 is 0 Å². The fourth-order valence-corrected chi connectivity index (χ4v) is 4.33. The molecule has 2 aliphatic rings. The highest BCUT2D eigenvalue weighted by molar-refractivity contribution is 5.30. The van der Waals surface area contributed by atoms with Crippen molar-refractivity contribution in [2.45, 2.75) is 52.5 Å². The van der Waals surface area contributed by atoms with Gasteiger partial charge in [0.05, 0.1) is 0 Å². The summed E-state index contributed by atoms with van der Waals surface area (Å²) in [6.07, 6.45) is 6.00. The Morgan fingerprint density at radius 2 is 1.84 bits per heavy atom. The SMILES string of the molecule is Cc1cc(C)cc(C(C)NCC2CC3CCC2C3)c1. The first-order valence-corrected chi connectivity index (χ1v) is 7.93. The second kappa shape index (κ2) is 5.28. The minimum Gasteiger partial charge on any atom is -0.310 e. The van der Waals surface area contributed by atoms with Crippen molar-refractivity contribution in [3.8, 4) is 0 Å². The van der Waals surface area contributed by atoms with E-state index in [1.54, 1.807) is 0 Å². The Labute approximate surface area is 117 Å². The molecule has 1 nitrogen and oxygen atoms in total. The fourth-order valence-electron chi connectivity index (χ4n) is 4.33. The van der Waals surface area contributed by atoms with E-state index in [1.807, 2.05) is 0 Å². The standard InChI is InChI=1S/C18H27N/c1-12-6-13(2)8-17(7-12)14(3)19-11-18-10-15-4-5-16(18)9-15/h6-8,14-16,18-19H,4-5,9-11H2,1-3H3. The van der Waals surface area contributed by atoms with E-state index in [-0.39, 0.29) is 0 Å². The maximum Gasteiger partial charge on any atom is 0.0292 e. The molecule has 1 heteroatoms. The van der Waals surface area contributed by atoms with Gasteiger partial charge in [0.1, 0.15) is 0 Å². The van der Waals surface area contributed by atoms with Crippen LogP contribution in [0.25, 0.3) is 0 Å². The zero-order valence-corrected chi connectivity index (χ0v) is 12.6. The van der Waals surface area contributed by atoms with Crippen LogP contribution in [0.2, 0.25) is 0 Å². The van der Waals surface area contributed by atoms with Gasteiger partial charge in [0.2, 0.25) is 0 Å². The van der Waals surface area contributed by atoms with Crippen LogP contribution in [0.15, 0.2) is 18.2 Å². The monoisotopic (exact) mass is 257 g/mol. The van der Waals surface area contributed by atoms with Gasteiger partial charge in [-0.05, 0) is 69.9 Å². The Balaban J connectivity index is 1.57. The molecule has 3 rings (SSSR count). The molecule has 0 radical (unpaired) electrons. The second-order valence-electron chi connectivity index (χ2n) is 6.99. The summed E-state index contributed by atoms with van der Waals surface area (Å²) < 4.78 is 0. The third-order valence-corrected chi connectivity index (χ3v) is 5.31. The Kier molecular flexibility index (Phi) is 3.66. The number of hydrogen-bond donors (Lipinski definition) is 1. The van der Waals surface area contributed by atoms with Gasteiger partial charge in [-0.15, -0.1) is 0 Å². The van der Waals surface area contributed by atoms with E-state index in [9.17, 15) is 0 Å². The molecule has 2 fully saturated rings. The van der Waals surface area contributed by atoms with Crippen molar-refractivity contribution in [1.82, 2.24) is 5.32 Å². The van der Waals surface area contributed by atoms with Gasteiger partial charge >= 0.3 is 0 Å². The number of hydrogen-bond acceptors (Lipinski definition) is 1. The molecule has 104 valence electrons. The minimum absolute atomic E-state index is 0.484. The van der Waals surface area contributed by atoms with Crippen molar-refractivity contribution < 1.29 is 0 Å². The molecule has 0 saturated heterocycles. The van der Waals surface area contributed by atoms with Crippen molar-refractivity contribution in [2.75, 3.05) is 6.54 Å². The van der Waals surface area contributed by atoms with Gasteiger partial charge in [-0.1, -0.05) is 35.7 Å². The van der Waals surface area contributed by atoms with Gasteiger partial charge in [-0.2, -0.15) is 0 Å². The van der Waals surface area contributed by atoms with Crippen LogP contribution in [0.5, 0.6) is 0 Å². The van der Waals surface area contributed by atoms with Gasteiger partial charge in [-0.25, -0.2) is 0 Å². The third-order valence-electron chi connectivity index (χ3n) is 5.31. The Bertz CT molecular complexity index is 431. The summed E-state index contributed by atoms with van der Waals surface area (Å²) >= 11 is 0. The first-order valence-electron chi connectivity index (χ1n) is 7.93. The first kappa shape index (κ1) is 13.2. The number of nitrogens with one attached hydrogen (secondary N) is 1. The maximum atomic E-state index is 3.78. The van der Waals surface area contributed by atoms with Crippen LogP contribution >= 0.6 is 0 Å². The predicted octanol–water partition coefficient (Wildman–Crippen LogP) is 4.39. The molecule has 4 atom stereocenters. The van der Waals surface area contributed by atoms with Crippen LogP contribution in [-0.2, 0) is 0 Å². The average Bonchev–Trinajstić information content (AvgIpc) is 2.96. The molecule has 4 unspecified atom stereocenters. The Morgan fingerprint density at radius 1 is 1.11 bits per heavy atom. The van der Waals surface area contributed by atoms with Crippen molar-refractivity contribution >= 4 is 0 Å². The maximum absolute atomic E-state index is 3.78. The zero-order chi connectivity index (χ0) is 13.4. The molecule has 0 spiro atoms. The van der Waals surface area contributed by atoms with E-state index in [2.05, 4.69) is 44.3 Å². The van der Waals surface area contributed by atoms with E-state index in [0.29, 0.717) is 6.04 Å². The largest absolute Gasteiger partial charge is 0.310 e. The lowest BCUT2D eigenvalue weighted by molar-refractivity contribution is 0.309. The lowest BCUT2D eigenvalue weighted by Crippen LogP contribution is -2.28. The van der Waals surface area contributed by atoms with Gasteiger partial charge in [0.15, 0.2) is 0 Å². The number of fused-ring (bicyclic) bond motifs is 2. The Hall–Kier alpha value is -0.820.